The Morgan fingerprint density at radius 3 is 2.70 bits per heavy atom. The molecule has 0 saturated heterocycles. The Labute approximate surface area is 117 Å². The van der Waals surface area contributed by atoms with E-state index in [2.05, 4.69) is 11.2 Å². The van der Waals surface area contributed by atoms with E-state index in [0.29, 0.717) is 12.2 Å². The van der Waals surface area contributed by atoms with Crippen molar-refractivity contribution in [2.75, 3.05) is 7.11 Å². The van der Waals surface area contributed by atoms with Gasteiger partial charge in [-0.2, -0.15) is 5.26 Å². The number of oxime groups is 1. The Balaban J connectivity index is 1.88. The molecule has 2 aromatic carbocycles. The highest BCUT2D eigenvalue weighted by Crippen LogP contribution is 2.12. The van der Waals surface area contributed by atoms with E-state index in [0.717, 1.165) is 16.9 Å². The lowest BCUT2D eigenvalue weighted by atomic mass is 10.1. The molecule has 4 nitrogen and oxygen atoms in total. The SMILES string of the molecule is COc1ccc(CON=Cc2cccc(C#N)c2)cc1. The normalized spacial score (nSPS) is 10.2. The zero-order valence-electron chi connectivity index (χ0n) is 11.1. The molecule has 0 radical (unpaired) electrons. The lowest BCUT2D eigenvalue weighted by Gasteiger charge is -2.02. The van der Waals surface area contributed by atoms with Gasteiger partial charge < -0.3 is 9.57 Å². The Hall–Kier alpha value is -2.80. The molecule has 0 saturated carbocycles. The Kier molecular flexibility index (Phi) is 4.74. The van der Waals surface area contributed by atoms with E-state index in [-0.39, 0.29) is 0 Å². The van der Waals surface area contributed by atoms with E-state index in [1.165, 1.54) is 0 Å². The van der Waals surface area contributed by atoms with Gasteiger partial charge in [0.25, 0.3) is 0 Å². The first-order valence-electron chi connectivity index (χ1n) is 6.10. The number of rotatable bonds is 5. The van der Waals surface area contributed by atoms with Gasteiger partial charge in [0.15, 0.2) is 0 Å². The van der Waals surface area contributed by atoms with Crippen LogP contribution in [0.3, 0.4) is 0 Å². The standard InChI is InChI=1S/C16H14N2O2/c1-19-16-7-5-13(6-8-16)12-20-18-11-15-4-2-3-14(9-15)10-17/h2-9,11H,12H2,1H3. The number of hydrogen-bond acceptors (Lipinski definition) is 4. The molecule has 0 aliphatic heterocycles. The summed E-state index contributed by atoms with van der Waals surface area (Å²) in [7, 11) is 1.63. The van der Waals surface area contributed by atoms with Crippen molar-refractivity contribution >= 4 is 6.21 Å². The predicted molar refractivity (Wildman–Crippen MR) is 76.5 cm³/mol. The monoisotopic (exact) mass is 266 g/mol. The number of ether oxygens (including phenoxy) is 1. The van der Waals surface area contributed by atoms with Crippen LogP contribution >= 0.6 is 0 Å². The molecule has 20 heavy (non-hydrogen) atoms. The molecule has 0 aliphatic rings. The van der Waals surface area contributed by atoms with Gasteiger partial charge in [-0.25, -0.2) is 0 Å². The van der Waals surface area contributed by atoms with E-state index in [1.807, 2.05) is 36.4 Å². The zero-order valence-corrected chi connectivity index (χ0v) is 11.1. The Bertz CT molecular complexity index is 628. The van der Waals surface area contributed by atoms with Gasteiger partial charge in [-0.15, -0.1) is 0 Å². The number of methoxy groups -OCH3 is 1. The predicted octanol–water partition coefficient (Wildman–Crippen LogP) is 3.12. The van der Waals surface area contributed by atoms with Crippen LogP contribution in [0, 0.1) is 11.3 Å². The average molecular weight is 266 g/mol. The third-order valence-corrected chi connectivity index (χ3v) is 2.68. The number of benzene rings is 2. The Morgan fingerprint density at radius 1 is 1.20 bits per heavy atom. The van der Waals surface area contributed by atoms with Gasteiger partial charge >= 0.3 is 0 Å². The summed E-state index contributed by atoms with van der Waals surface area (Å²) in [6.07, 6.45) is 1.59. The summed E-state index contributed by atoms with van der Waals surface area (Å²) in [6.45, 7) is 0.387. The maximum atomic E-state index is 8.79. The molecule has 2 aromatic rings. The van der Waals surface area contributed by atoms with Gasteiger partial charge in [0.2, 0.25) is 0 Å². The quantitative estimate of drug-likeness (QED) is 0.617. The van der Waals surface area contributed by atoms with Crippen molar-refractivity contribution in [1.82, 2.24) is 0 Å². The van der Waals surface area contributed by atoms with Crippen LogP contribution in [0.5, 0.6) is 5.75 Å². The van der Waals surface area contributed by atoms with E-state index in [4.69, 9.17) is 14.8 Å². The molecule has 0 aliphatic carbocycles. The Morgan fingerprint density at radius 2 is 2.00 bits per heavy atom. The van der Waals surface area contributed by atoms with E-state index >= 15 is 0 Å². The van der Waals surface area contributed by atoms with Crippen LogP contribution in [-0.2, 0) is 11.4 Å². The van der Waals surface area contributed by atoms with Crippen molar-refractivity contribution in [3.8, 4) is 11.8 Å². The summed E-state index contributed by atoms with van der Waals surface area (Å²) >= 11 is 0. The summed E-state index contributed by atoms with van der Waals surface area (Å²) in [6, 6.07) is 16.8. The third-order valence-electron chi connectivity index (χ3n) is 2.68. The molecule has 0 bridgehead atoms. The van der Waals surface area contributed by atoms with Gasteiger partial charge in [-0.05, 0) is 35.4 Å². The topological polar surface area (TPSA) is 54.6 Å². The summed E-state index contributed by atoms with van der Waals surface area (Å²) in [4.78, 5) is 5.22. The van der Waals surface area contributed by atoms with E-state index in [1.54, 1.807) is 25.5 Å². The zero-order chi connectivity index (χ0) is 14.2. The second kappa shape index (κ2) is 6.95. The second-order valence-corrected chi connectivity index (χ2v) is 4.09. The van der Waals surface area contributed by atoms with Crippen molar-refractivity contribution in [3.05, 3.63) is 65.2 Å². The van der Waals surface area contributed by atoms with Crippen LogP contribution in [0.4, 0.5) is 0 Å². The molecule has 0 atom stereocenters. The molecule has 0 heterocycles. The molecule has 0 fully saturated rings. The first-order valence-corrected chi connectivity index (χ1v) is 6.10. The highest BCUT2D eigenvalue weighted by molar-refractivity contribution is 5.79. The molecule has 0 amide bonds. The third kappa shape index (κ3) is 3.85. The van der Waals surface area contributed by atoms with Crippen molar-refractivity contribution in [1.29, 1.82) is 5.26 Å². The molecule has 100 valence electrons. The van der Waals surface area contributed by atoms with Crippen LogP contribution < -0.4 is 4.74 Å². The van der Waals surface area contributed by atoms with Gasteiger partial charge in [-0.3, -0.25) is 0 Å². The molecule has 0 unspecified atom stereocenters. The van der Waals surface area contributed by atoms with Gasteiger partial charge in [0.1, 0.15) is 12.4 Å². The van der Waals surface area contributed by atoms with Crippen LogP contribution in [0.1, 0.15) is 16.7 Å². The molecule has 0 aromatic heterocycles. The minimum Gasteiger partial charge on any atom is -0.497 e. The van der Waals surface area contributed by atoms with E-state index in [9.17, 15) is 0 Å². The van der Waals surface area contributed by atoms with Crippen LogP contribution in [-0.4, -0.2) is 13.3 Å². The fourth-order valence-corrected chi connectivity index (χ4v) is 1.62. The number of hydrogen-bond donors (Lipinski definition) is 0. The van der Waals surface area contributed by atoms with Crippen LogP contribution in [0.2, 0.25) is 0 Å². The second-order valence-electron chi connectivity index (χ2n) is 4.09. The lowest BCUT2D eigenvalue weighted by molar-refractivity contribution is 0.132. The molecule has 2 rings (SSSR count). The summed E-state index contributed by atoms with van der Waals surface area (Å²) in [5, 5.41) is 12.7. The molecular weight excluding hydrogens is 252 g/mol. The first kappa shape index (κ1) is 13.6. The fourth-order valence-electron chi connectivity index (χ4n) is 1.62. The van der Waals surface area contributed by atoms with E-state index < -0.39 is 0 Å². The highest BCUT2D eigenvalue weighted by Gasteiger charge is 1.95. The van der Waals surface area contributed by atoms with Gasteiger partial charge in [-0.1, -0.05) is 29.4 Å². The molecule has 4 heteroatoms. The van der Waals surface area contributed by atoms with Crippen molar-refractivity contribution in [2.24, 2.45) is 5.16 Å². The summed E-state index contributed by atoms with van der Waals surface area (Å²) < 4.78 is 5.08. The minimum atomic E-state index is 0.387. The lowest BCUT2D eigenvalue weighted by Crippen LogP contribution is -1.89. The molecule has 0 N–H and O–H groups in total. The fraction of sp³-hybridized carbons (Fsp3) is 0.125. The number of nitrogens with zero attached hydrogens (tertiary/aromatic N) is 2. The van der Waals surface area contributed by atoms with Crippen molar-refractivity contribution < 1.29 is 9.57 Å². The van der Waals surface area contributed by atoms with Gasteiger partial charge in [0, 0.05) is 0 Å². The smallest absolute Gasteiger partial charge is 0.142 e. The van der Waals surface area contributed by atoms with Crippen molar-refractivity contribution in [3.63, 3.8) is 0 Å². The van der Waals surface area contributed by atoms with Crippen LogP contribution in [0.15, 0.2) is 53.7 Å². The molecule has 0 spiro atoms. The van der Waals surface area contributed by atoms with Crippen LogP contribution in [0.25, 0.3) is 0 Å². The first-order chi connectivity index (χ1) is 9.81. The average Bonchev–Trinajstić information content (AvgIpc) is 2.52. The minimum absolute atomic E-state index is 0.387. The highest BCUT2D eigenvalue weighted by atomic mass is 16.6. The number of nitriles is 1. The maximum absolute atomic E-state index is 8.79. The van der Waals surface area contributed by atoms with Crippen molar-refractivity contribution in [2.45, 2.75) is 6.61 Å². The summed E-state index contributed by atoms with van der Waals surface area (Å²) in [5.74, 6) is 0.811. The maximum Gasteiger partial charge on any atom is 0.142 e. The summed E-state index contributed by atoms with van der Waals surface area (Å²) in [5.41, 5.74) is 2.44. The van der Waals surface area contributed by atoms with Gasteiger partial charge in [0.05, 0.1) is 25.0 Å². The molecular formula is C16H14N2O2. The largest absolute Gasteiger partial charge is 0.497 e.